The van der Waals surface area contributed by atoms with Gasteiger partial charge in [0.1, 0.15) is 16.5 Å². The van der Waals surface area contributed by atoms with Crippen molar-refractivity contribution in [3.8, 4) is 11.8 Å². The van der Waals surface area contributed by atoms with Crippen LogP contribution in [0.3, 0.4) is 0 Å². The van der Waals surface area contributed by atoms with E-state index in [2.05, 4.69) is 21.7 Å². The van der Waals surface area contributed by atoms with Gasteiger partial charge in [-0.25, -0.2) is 9.79 Å². The fourth-order valence-electron chi connectivity index (χ4n) is 4.76. The lowest BCUT2D eigenvalue weighted by molar-refractivity contribution is -0.162. The number of hydrogen-bond donors (Lipinski definition) is 0. The molecular weight excluding hydrogens is 510 g/mol. The van der Waals surface area contributed by atoms with Crippen molar-refractivity contribution in [2.45, 2.75) is 78.2 Å². The molecule has 0 aliphatic carbocycles. The first-order valence-electron chi connectivity index (χ1n) is 13.4. The van der Waals surface area contributed by atoms with Gasteiger partial charge in [-0.3, -0.25) is 9.36 Å². The Bertz CT molecular complexity index is 1100. The molecule has 2 unspecified atom stereocenters. The van der Waals surface area contributed by atoms with Gasteiger partial charge in [0.2, 0.25) is 5.95 Å². The van der Waals surface area contributed by atoms with Crippen LogP contribution in [0.25, 0.3) is 0 Å². The molecule has 4 rings (SSSR count). The van der Waals surface area contributed by atoms with Crippen LogP contribution in [0, 0.1) is 17.8 Å². The number of ketones is 1. The van der Waals surface area contributed by atoms with Crippen molar-refractivity contribution >= 4 is 40.4 Å². The summed E-state index contributed by atoms with van der Waals surface area (Å²) < 4.78 is 18.8. The van der Waals surface area contributed by atoms with E-state index in [-0.39, 0.29) is 23.3 Å². The highest BCUT2D eigenvalue weighted by Crippen LogP contribution is 2.35. The Kier molecular flexibility index (Phi) is 9.34. The maximum absolute atomic E-state index is 13.6. The molecule has 1 aromatic heterocycles. The van der Waals surface area contributed by atoms with Crippen molar-refractivity contribution in [3.05, 3.63) is 5.69 Å². The van der Waals surface area contributed by atoms with Gasteiger partial charge in [-0.05, 0) is 59.8 Å². The summed E-state index contributed by atoms with van der Waals surface area (Å²) in [6.45, 7) is 10.9. The molecule has 0 bridgehead atoms. The first-order valence-corrected chi connectivity index (χ1v) is 13.8. The Hall–Kier alpha value is -2.61. The van der Waals surface area contributed by atoms with E-state index in [0.717, 1.165) is 25.9 Å². The summed E-state index contributed by atoms with van der Waals surface area (Å²) >= 11 is 6.51. The van der Waals surface area contributed by atoms with Crippen molar-refractivity contribution in [3.63, 3.8) is 0 Å². The van der Waals surface area contributed by atoms with Crippen molar-refractivity contribution in [2.75, 3.05) is 44.3 Å². The molecule has 2 atom stereocenters. The fraction of sp³-hybridized carbons (Fsp3) is 0.704. The van der Waals surface area contributed by atoms with Gasteiger partial charge in [-0.2, -0.15) is 4.98 Å². The van der Waals surface area contributed by atoms with Gasteiger partial charge < -0.3 is 24.0 Å². The lowest BCUT2D eigenvalue weighted by atomic mass is 9.95. The molecule has 10 nitrogen and oxygen atoms in total. The minimum absolute atomic E-state index is 0.0991. The summed E-state index contributed by atoms with van der Waals surface area (Å²) in [5.41, 5.74) is -0.116. The topological polar surface area (TPSA) is 98.5 Å². The van der Waals surface area contributed by atoms with Crippen LogP contribution < -0.4 is 4.90 Å². The average molecular weight is 548 g/mol. The number of anilines is 1. The van der Waals surface area contributed by atoms with Gasteiger partial charge in [-0.1, -0.05) is 17.5 Å². The molecule has 11 heteroatoms. The van der Waals surface area contributed by atoms with Crippen molar-refractivity contribution in [1.82, 2.24) is 14.5 Å². The molecule has 3 aliphatic rings. The average Bonchev–Trinajstić information content (AvgIpc) is 3.24. The molecular formula is C27H38ClN5O5. The van der Waals surface area contributed by atoms with Gasteiger partial charge in [0.25, 0.3) is 0 Å². The zero-order chi connectivity index (χ0) is 27.3. The summed E-state index contributed by atoms with van der Waals surface area (Å²) in [4.78, 5) is 39.1. The molecule has 1 amide bonds. The van der Waals surface area contributed by atoms with E-state index in [4.69, 9.17) is 30.8 Å². The molecule has 1 aromatic rings. The van der Waals surface area contributed by atoms with E-state index < -0.39 is 11.5 Å². The molecule has 2 saturated heterocycles. The summed E-state index contributed by atoms with van der Waals surface area (Å²) in [6, 6.07) is 0. The minimum atomic E-state index is -0.549. The number of ether oxygens (including phenoxy) is 3. The molecule has 38 heavy (non-hydrogen) atoms. The maximum Gasteiger partial charge on any atom is 0.410 e. The van der Waals surface area contributed by atoms with E-state index in [1.807, 2.05) is 25.3 Å². The van der Waals surface area contributed by atoms with Crippen LogP contribution in [0.2, 0.25) is 0 Å². The number of rotatable bonds is 7. The normalized spacial score (nSPS) is 21.9. The number of nitrogens with zero attached hydrogens (tertiary/aromatic N) is 5. The molecule has 0 radical (unpaired) electrons. The summed E-state index contributed by atoms with van der Waals surface area (Å²) in [5, 5.41) is 0.254. The number of halogens is 1. The molecule has 0 spiro atoms. The predicted octanol–water partition coefficient (Wildman–Crippen LogP) is 4.37. The van der Waals surface area contributed by atoms with Gasteiger partial charge in [0.15, 0.2) is 17.9 Å². The third kappa shape index (κ3) is 6.87. The smallest absolute Gasteiger partial charge is 0.410 e. The van der Waals surface area contributed by atoms with Crippen LogP contribution in [-0.2, 0) is 20.8 Å². The Labute approximate surface area is 229 Å². The lowest BCUT2D eigenvalue weighted by Crippen LogP contribution is -2.50. The number of carbonyl (C=O) groups is 2. The van der Waals surface area contributed by atoms with Crippen molar-refractivity contribution < 1.29 is 23.8 Å². The van der Waals surface area contributed by atoms with Gasteiger partial charge in [-0.15, -0.1) is 5.92 Å². The number of piperazine rings is 1. The third-order valence-electron chi connectivity index (χ3n) is 6.69. The van der Waals surface area contributed by atoms with Gasteiger partial charge in [0, 0.05) is 39.4 Å². The van der Waals surface area contributed by atoms with Crippen LogP contribution >= 0.6 is 11.6 Å². The van der Waals surface area contributed by atoms with E-state index in [9.17, 15) is 9.59 Å². The molecule has 4 heterocycles. The Morgan fingerprint density at radius 2 is 1.97 bits per heavy atom. The number of aliphatic imine (C=N–C) groups is 1. The number of hydrogen-bond acceptors (Lipinski definition) is 8. The van der Waals surface area contributed by atoms with E-state index >= 15 is 0 Å². The van der Waals surface area contributed by atoms with Gasteiger partial charge >= 0.3 is 6.09 Å². The molecule has 3 aliphatic heterocycles. The quantitative estimate of drug-likeness (QED) is 0.369. The second-order valence-corrected chi connectivity index (χ2v) is 11.1. The molecule has 0 N–H and O–H groups in total. The second kappa shape index (κ2) is 12.5. The van der Waals surface area contributed by atoms with Crippen LogP contribution in [0.5, 0.6) is 0 Å². The number of carbonyl (C=O) groups excluding carboxylic acids is 2. The largest absolute Gasteiger partial charge is 0.444 e. The van der Waals surface area contributed by atoms with Gasteiger partial charge in [0.05, 0.1) is 12.5 Å². The zero-order valence-electron chi connectivity index (χ0n) is 22.8. The van der Waals surface area contributed by atoms with Crippen LogP contribution in [0.15, 0.2) is 4.99 Å². The highest BCUT2D eigenvalue weighted by molar-refractivity contribution is 6.68. The third-order valence-corrected chi connectivity index (χ3v) is 7.03. The molecule has 208 valence electrons. The number of amides is 1. The maximum atomic E-state index is 13.6. The molecule has 2 fully saturated rings. The summed E-state index contributed by atoms with van der Waals surface area (Å²) in [6.07, 6.45) is 3.79. The van der Waals surface area contributed by atoms with Crippen molar-refractivity contribution in [2.24, 2.45) is 10.9 Å². The number of aromatic nitrogens is 2. The van der Waals surface area contributed by atoms with Crippen LogP contribution in [0.4, 0.5) is 16.6 Å². The van der Waals surface area contributed by atoms with Crippen molar-refractivity contribution in [1.29, 1.82) is 0 Å². The Morgan fingerprint density at radius 1 is 1.21 bits per heavy atom. The predicted molar refractivity (Wildman–Crippen MR) is 145 cm³/mol. The fourth-order valence-corrected chi connectivity index (χ4v) is 5.05. The Morgan fingerprint density at radius 3 is 2.63 bits per heavy atom. The minimum Gasteiger partial charge on any atom is -0.444 e. The van der Waals surface area contributed by atoms with E-state index in [1.165, 1.54) is 0 Å². The van der Waals surface area contributed by atoms with Crippen LogP contribution in [0.1, 0.15) is 70.3 Å². The molecule has 0 saturated carbocycles. The SMILES string of the molecule is CC#CCn1c(N2CCN(C(=O)OC(C)(C)C)CC2)nc2c1C(=O)C(CCCOC1CCCCO1)C(Cl)=N2. The van der Waals surface area contributed by atoms with E-state index in [0.29, 0.717) is 69.6 Å². The Balaban J connectivity index is 1.44. The lowest BCUT2D eigenvalue weighted by Gasteiger charge is -2.36. The summed E-state index contributed by atoms with van der Waals surface area (Å²) in [7, 11) is 0. The highest BCUT2D eigenvalue weighted by atomic mass is 35.5. The molecule has 0 aromatic carbocycles. The number of imidazole rings is 1. The van der Waals surface area contributed by atoms with E-state index in [1.54, 1.807) is 11.8 Å². The first-order chi connectivity index (χ1) is 18.2. The van der Waals surface area contributed by atoms with Crippen LogP contribution in [-0.4, -0.2) is 82.8 Å². The number of Topliss-reactive ketones (excluding diaryl/α,β-unsaturated/α-hetero) is 1. The second-order valence-electron chi connectivity index (χ2n) is 10.7. The number of fused-ring (bicyclic) bond motifs is 1. The monoisotopic (exact) mass is 547 g/mol. The summed E-state index contributed by atoms with van der Waals surface area (Å²) in [5.74, 6) is 6.27. The highest BCUT2D eigenvalue weighted by Gasteiger charge is 2.37. The standard InChI is InChI=1S/C27H38ClN5O5/c1-5-6-12-33-21-22(34)19(10-9-18-37-20-11-7-8-17-36-20)23(28)29-24(21)30-25(33)31-13-15-32(16-14-31)26(35)38-27(2,3)4/h19-20H,7-18H2,1-4H3. The first kappa shape index (κ1) is 28.4. The zero-order valence-corrected chi connectivity index (χ0v) is 23.6.